The summed E-state index contributed by atoms with van der Waals surface area (Å²) in [5, 5.41) is 0. The van der Waals surface area contributed by atoms with Gasteiger partial charge < -0.3 is 0 Å². The van der Waals surface area contributed by atoms with Crippen molar-refractivity contribution < 1.29 is 19.2 Å². The second kappa shape index (κ2) is 7.83. The van der Waals surface area contributed by atoms with Gasteiger partial charge in [-0.05, 0) is 74.0 Å². The van der Waals surface area contributed by atoms with Gasteiger partial charge in [0.25, 0.3) is 0 Å². The molecule has 5 fully saturated rings. The van der Waals surface area contributed by atoms with Gasteiger partial charge in [0.05, 0.1) is 10.8 Å². The molecule has 4 heteroatoms. The van der Waals surface area contributed by atoms with Gasteiger partial charge in [-0.1, -0.05) is 83.5 Å². The van der Waals surface area contributed by atoms with Crippen LogP contribution < -0.4 is 0 Å². The Hall–Kier alpha value is -2.36. The molecule has 0 aromatic heterocycles. The van der Waals surface area contributed by atoms with Crippen LogP contribution in [0.1, 0.15) is 91.4 Å². The van der Waals surface area contributed by atoms with Gasteiger partial charge in [-0.3, -0.25) is 19.2 Å². The molecule has 0 saturated heterocycles. The third-order valence-corrected chi connectivity index (χ3v) is 11.5. The number of hydrogen-bond acceptors (Lipinski definition) is 4. The van der Waals surface area contributed by atoms with Crippen LogP contribution >= 0.6 is 0 Å². The van der Waals surface area contributed by atoms with Crippen LogP contribution in [0.15, 0.2) is 42.0 Å². The minimum Gasteiger partial charge on any atom is -0.297 e. The molecule has 1 spiro atoms. The van der Waals surface area contributed by atoms with Crippen molar-refractivity contribution in [3.63, 3.8) is 0 Å². The summed E-state index contributed by atoms with van der Waals surface area (Å²) in [4.78, 5) is 59.7. The summed E-state index contributed by atoms with van der Waals surface area (Å²) < 4.78 is 0. The van der Waals surface area contributed by atoms with E-state index in [2.05, 4.69) is 27.7 Å². The number of carbonyl (C=O) groups excluding carboxylic acids is 4. The van der Waals surface area contributed by atoms with Crippen molar-refractivity contribution in [3.8, 4) is 0 Å². The lowest BCUT2D eigenvalue weighted by Gasteiger charge is -2.60. The predicted octanol–water partition coefficient (Wildman–Crippen LogP) is 6.67. The number of ketones is 4. The topological polar surface area (TPSA) is 68.3 Å². The highest BCUT2D eigenvalue weighted by Crippen LogP contribution is 2.77. The summed E-state index contributed by atoms with van der Waals surface area (Å²) in [6.07, 6.45) is 3.83. The Bertz CT molecular complexity index is 1230. The van der Waals surface area contributed by atoms with Crippen LogP contribution in [0.5, 0.6) is 0 Å². The van der Waals surface area contributed by atoms with E-state index in [1.807, 2.05) is 39.8 Å². The normalized spacial score (nSPS) is 39.1. The SMILES string of the molecule is CC(C)=CC[C@]12C[C@H]3C[C@@H]4C(C)(C)[C@H](C(C)C)C[C@@]4(C1=O)C(=O)[C@](C(=O)c1ccccc1)(C2=O)C3(C)C. The molecule has 1 aromatic rings. The van der Waals surface area contributed by atoms with Crippen LogP contribution in [0.4, 0.5) is 0 Å². The Kier molecular flexibility index (Phi) is 5.56. The van der Waals surface area contributed by atoms with Crippen molar-refractivity contribution in [2.45, 2.75) is 81.1 Å². The molecule has 0 unspecified atom stereocenters. The Balaban J connectivity index is 1.88. The lowest BCUT2D eigenvalue weighted by Crippen LogP contribution is -2.75. The van der Waals surface area contributed by atoms with E-state index in [1.165, 1.54) is 0 Å². The summed E-state index contributed by atoms with van der Waals surface area (Å²) in [6.45, 7) is 16.6. The highest BCUT2D eigenvalue weighted by Gasteiger charge is 2.86. The van der Waals surface area contributed by atoms with Gasteiger partial charge in [0.2, 0.25) is 0 Å². The molecule has 37 heavy (non-hydrogen) atoms. The molecule has 0 N–H and O–H groups in total. The number of Topliss-reactive ketones (excluding diaryl/α,β-unsaturated/α-hetero) is 4. The van der Waals surface area contributed by atoms with E-state index in [4.69, 9.17) is 0 Å². The fraction of sp³-hybridized carbons (Fsp3) is 0.636. The maximum Gasteiger partial charge on any atom is 0.184 e. The molecule has 0 radical (unpaired) electrons. The third-order valence-electron chi connectivity index (χ3n) is 11.5. The molecule has 0 heterocycles. The molecular weight excluding hydrogens is 460 g/mol. The lowest BCUT2D eigenvalue weighted by atomic mass is 9.37. The molecule has 0 aliphatic heterocycles. The van der Waals surface area contributed by atoms with E-state index >= 15 is 4.79 Å². The van der Waals surface area contributed by atoms with E-state index in [-0.39, 0.29) is 47.1 Å². The Morgan fingerprint density at radius 3 is 2.14 bits per heavy atom. The van der Waals surface area contributed by atoms with Gasteiger partial charge in [-0.25, -0.2) is 0 Å². The van der Waals surface area contributed by atoms with Crippen molar-refractivity contribution in [3.05, 3.63) is 47.5 Å². The second-order valence-corrected chi connectivity index (χ2v) is 14.3. The van der Waals surface area contributed by atoms with Gasteiger partial charge in [0.1, 0.15) is 0 Å². The Morgan fingerprint density at radius 1 is 0.946 bits per heavy atom. The van der Waals surface area contributed by atoms with Crippen molar-refractivity contribution in [2.75, 3.05) is 0 Å². The Morgan fingerprint density at radius 2 is 1.57 bits per heavy atom. The van der Waals surface area contributed by atoms with Gasteiger partial charge in [0.15, 0.2) is 28.5 Å². The Labute approximate surface area is 221 Å². The summed E-state index contributed by atoms with van der Waals surface area (Å²) in [5.41, 5.74) is -4.20. The predicted molar refractivity (Wildman–Crippen MR) is 144 cm³/mol. The average Bonchev–Trinajstić information content (AvgIpc) is 2.97. The van der Waals surface area contributed by atoms with Crippen molar-refractivity contribution in [1.29, 1.82) is 0 Å². The van der Waals surface area contributed by atoms with Crippen LogP contribution in [-0.4, -0.2) is 23.1 Å². The molecule has 198 valence electrons. The van der Waals surface area contributed by atoms with Crippen molar-refractivity contribution in [2.24, 2.45) is 50.7 Å². The molecule has 5 saturated carbocycles. The first-order valence-electron chi connectivity index (χ1n) is 14.0. The average molecular weight is 503 g/mol. The first-order valence-corrected chi connectivity index (χ1v) is 14.0. The van der Waals surface area contributed by atoms with E-state index in [1.54, 1.807) is 24.3 Å². The number of rotatable bonds is 5. The first kappa shape index (κ1) is 26.3. The number of benzene rings is 1. The third kappa shape index (κ3) is 2.85. The standard InChI is InChI=1S/C33H42O4/c1-19(2)14-15-31-17-22-16-24-29(5,6)23(20(3)4)18-32(24,26(31)35)28(37)33(27(31)36,30(22,7)8)25(34)21-12-10-9-11-13-21/h9-14,20,22-24H,15-18H2,1-8H3/t22-,23+,24-,31+,32-,33+/m1/s1. The zero-order valence-electron chi connectivity index (χ0n) is 23.7. The minimum absolute atomic E-state index is 0.0871. The molecule has 0 amide bonds. The van der Waals surface area contributed by atoms with Crippen LogP contribution in [0.25, 0.3) is 0 Å². The number of carbonyl (C=O) groups is 4. The van der Waals surface area contributed by atoms with E-state index in [0.29, 0.717) is 24.8 Å². The fourth-order valence-corrected chi connectivity index (χ4v) is 9.54. The molecule has 5 aliphatic rings. The van der Waals surface area contributed by atoms with Gasteiger partial charge >= 0.3 is 0 Å². The molecule has 6 atom stereocenters. The molecule has 1 aromatic carbocycles. The van der Waals surface area contributed by atoms with Gasteiger partial charge in [-0.15, -0.1) is 0 Å². The zero-order chi connectivity index (χ0) is 27.3. The largest absolute Gasteiger partial charge is 0.297 e. The van der Waals surface area contributed by atoms with Crippen LogP contribution in [0, 0.1) is 50.7 Å². The van der Waals surface area contributed by atoms with Crippen LogP contribution in [-0.2, 0) is 14.4 Å². The maximum atomic E-state index is 15.2. The van der Waals surface area contributed by atoms with Crippen molar-refractivity contribution in [1.82, 2.24) is 0 Å². The van der Waals surface area contributed by atoms with Gasteiger partial charge in [-0.2, -0.15) is 0 Å². The summed E-state index contributed by atoms with van der Waals surface area (Å²) in [6, 6.07) is 8.81. The van der Waals surface area contributed by atoms with Gasteiger partial charge in [0, 0.05) is 5.56 Å². The highest BCUT2D eigenvalue weighted by atomic mass is 16.2. The summed E-state index contributed by atoms with van der Waals surface area (Å²) in [5.74, 6) is -1.22. The van der Waals surface area contributed by atoms with Crippen LogP contribution in [0.3, 0.4) is 0 Å². The maximum absolute atomic E-state index is 15.2. The molecule has 5 aliphatic carbocycles. The second-order valence-electron chi connectivity index (χ2n) is 14.3. The quantitative estimate of drug-likeness (QED) is 0.256. The fourth-order valence-electron chi connectivity index (χ4n) is 9.54. The molecular formula is C33H42O4. The molecule has 6 rings (SSSR count). The summed E-state index contributed by atoms with van der Waals surface area (Å²) >= 11 is 0. The minimum atomic E-state index is -1.85. The summed E-state index contributed by atoms with van der Waals surface area (Å²) in [7, 11) is 0. The first-order chi connectivity index (χ1) is 17.1. The molecule has 4 bridgehead atoms. The zero-order valence-corrected chi connectivity index (χ0v) is 23.7. The lowest BCUT2D eigenvalue weighted by molar-refractivity contribution is -0.181. The number of hydrogen-bond donors (Lipinski definition) is 0. The van der Waals surface area contributed by atoms with Crippen molar-refractivity contribution >= 4 is 23.1 Å². The van der Waals surface area contributed by atoms with E-state index < -0.39 is 33.2 Å². The van der Waals surface area contributed by atoms with E-state index in [9.17, 15) is 14.4 Å². The molecule has 4 nitrogen and oxygen atoms in total. The highest BCUT2D eigenvalue weighted by molar-refractivity contribution is 6.42. The monoisotopic (exact) mass is 502 g/mol. The number of allylic oxidation sites excluding steroid dienone is 2. The smallest absolute Gasteiger partial charge is 0.184 e. The van der Waals surface area contributed by atoms with E-state index in [0.717, 1.165) is 5.57 Å². The van der Waals surface area contributed by atoms with Crippen LogP contribution in [0.2, 0.25) is 0 Å².